The molecule has 0 unspecified atom stereocenters. The molecule has 1 heterocycles. The summed E-state index contributed by atoms with van der Waals surface area (Å²) in [6, 6.07) is 70.5. The fourth-order valence-electron chi connectivity index (χ4n) is 10.6. The van der Waals surface area contributed by atoms with Crippen molar-refractivity contribution in [2.24, 2.45) is 0 Å². The number of hydrogen-bond donors (Lipinski definition) is 0. The number of nitrogens with zero attached hydrogens (tertiary/aromatic N) is 1. The summed E-state index contributed by atoms with van der Waals surface area (Å²) in [6.45, 7) is 9.71. The summed E-state index contributed by atoms with van der Waals surface area (Å²) in [5.41, 5.74) is 11.7. The number of rotatable bonds is 5. The van der Waals surface area contributed by atoms with Gasteiger partial charge in [0.2, 0.25) is 0 Å². The average Bonchev–Trinajstić information content (AvgIpc) is 3.68. The van der Waals surface area contributed by atoms with Crippen LogP contribution in [0.5, 0.6) is 0 Å². The molecule has 0 atom stereocenters. The molecule has 0 spiro atoms. The summed E-state index contributed by atoms with van der Waals surface area (Å²) in [4.78, 5) is 2.44. The molecule has 1 nitrogen and oxygen atoms in total. The third-order valence-corrected chi connectivity index (χ3v) is 15.2. The van der Waals surface area contributed by atoms with Crippen molar-refractivity contribution >= 4 is 91.7 Å². The van der Waals surface area contributed by atoms with Gasteiger partial charge in [0.15, 0.2) is 0 Å². The van der Waals surface area contributed by atoms with E-state index in [-0.39, 0.29) is 10.8 Å². The average molecular weight is 814 g/mol. The number of fused-ring (bicyclic) bond motifs is 11. The van der Waals surface area contributed by atoms with Gasteiger partial charge in [0.25, 0.3) is 0 Å². The van der Waals surface area contributed by atoms with Crippen molar-refractivity contribution in [3.05, 3.63) is 199 Å². The minimum absolute atomic E-state index is 0.174. The summed E-state index contributed by atoms with van der Waals surface area (Å²) < 4.78 is 2.75. The van der Waals surface area contributed by atoms with E-state index in [1.165, 1.54) is 109 Å². The number of anilines is 3. The van der Waals surface area contributed by atoms with Crippen LogP contribution in [0.3, 0.4) is 0 Å². The van der Waals surface area contributed by atoms with Gasteiger partial charge in [-0.05, 0) is 155 Å². The third-order valence-electron chi connectivity index (χ3n) is 14.1. The van der Waals surface area contributed by atoms with Crippen LogP contribution in [0.2, 0.25) is 0 Å². The highest BCUT2D eigenvalue weighted by atomic mass is 32.1. The molecular weight excluding hydrogens is 767 g/mol. The second kappa shape index (κ2) is 13.9. The van der Waals surface area contributed by atoms with Gasteiger partial charge in [-0.2, -0.15) is 0 Å². The minimum atomic E-state index is 0.174. The predicted molar refractivity (Wildman–Crippen MR) is 270 cm³/mol. The molecule has 0 aliphatic heterocycles. The molecule has 1 aliphatic carbocycles. The van der Waals surface area contributed by atoms with E-state index in [1.54, 1.807) is 0 Å². The van der Waals surface area contributed by atoms with Crippen molar-refractivity contribution < 1.29 is 0 Å². The van der Waals surface area contributed by atoms with E-state index >= 15 is 0 Å². The van der Waals surface area contributed by atoms with Crippen LogP contribution < -0.4 is 4.90 Å². The quantitative estimate of drug-likeness (QED) is 0.157. The zero-order valence-electron chi connectivity index (χ0n) is 35.7. The number of thiophene rings is 1. The van der Waals surface area contributed by atoms with Crippen LogP contribution in [-0.4, -0.2) is 0 Å². The highest BCUT2D eigenvalue weighted by Gasteiger charge is 2.37. The number of para-hydroxylation sites is 1. The van der Waals surface area contributed by atoms with Crippen molar-refractivity contribution in [3.63, 3.8) is 0 Å². The zero-order valence-corrected chi connectivity index (χ0v) is 36.5. The van der Waals surface area contributed by atoms with E-state index < -0.39 is 0 Å². The first-order valence-electron chi connectivity index (χ1n) is 22.0. The Balaban J connectivity index is 0.992. The van der Waals surface area contributed by atoms with E-state index in [2.05, 4.69) is 221 Å². The predicted octanol–water partition coefficient (Wildman–Crippen LogP) is 17.8. The summed E-state index contributed by atoms with van der Waals surface area (Å²) in [5, 5.41) is 12.9. The molecule has 11 aromatic rings. The van der Waals surface area contributed by atoms with Crippen molar-refractivity contribution in [2.45, 2.75) is 51.4 Å². The van der Waals surface area contributed by atoms with Gasteiger partial charge in [-0.1, -0.05) is 155 Å². The van der Waals surface area contributed by atoms with Crippen molar-refractivity contribution in [3.8, 4) is 22.3 Å². The lowest BCUT2D eigenvalue weighted by Crippen LogP contribution is -2.33. The van der Waals surface area contributed by atoms with Crippen LogP contribution in [0.15, 0.2) is 188 Å². The molecule has 12 rings (SSSR count). The molecule has 0 radical (unpaired) electrons. The molecule has 1 aliphatic rings. The topological polar surface area (TPSA) is 3.24 Å². The van der Waals surface area contributed by atoms with Gasteiger partial charge in [0.1, 0.15) is 0 Å². The lowest BCUT2D eigenvalue weighted by molar-refractivity contribution is 0.332. The Hall–Kier alpha value is -6.74. The first-order valence-corrected chi connectivity index (χ1v) is 22.9. The first kappa shape index (κ1) is 37.1. The van der Waals surface area contributed by atoms with E-state index in [4.69, 9.17) is 0 Å². The highest BCUT2D eigenvalue weighted by molar-refractivity contribution is 7.25. The maximum Gasteiger partial charge on any atom is 0.0540 e. The van der Waals surface area contributed by atoms with Gasteiger partial charge in [0, 0.05) is 37.1 Å². The van der Waals surface area contributed by atoms with Crippen LogP contribution in [-0.2, 0) is 10.8 Å². The van der Waals surface area contributed by atoms with Crippen LogP contribution in [0.1, 0.15) is 51.7 Å². The Labute approximate surface area is 367 Å². The second-order valence-electron chi connectivity index (χ2n) is 18.8. The van der Waals surface area contributed by atoms with Crippen LogP contribution >= 0.6 is 11.3 Å². The van der Waals surface area contributed by atoms with Crippen molar-refractivity contribution in [1.29, 1.82) is 0 Å². The lowest BCUT2D eigenvalue weighted by Gasteiger charge is -2.41. The minimum Gasteiger partial charge on any atom is -0.310 e. The molecule has 0 saturated carbocycles. The van der Waals surface area contributed by atoms with Crippen molar-refractivity contribution in [1.82, 2.24) is 0 Å². The van der Waals surface area contributed by atoms with Crippen molar-refractivity contribution in [2.75, 3.05) is 4.90 Å². The molecular formula is C60H47NS. The summed E-state index contributed by atoms with van der Waals surface area (Å²) >= 11 is 1.94. The van der Waals surface area contributed by atoms with E-state index in [1.807, 2.05) is 11.3 Å². The van der Waals surface area contributed by atoms with E-state index in [0.29, 0.717) is 0 Å². The van der Waals surface area contributed by atoms with Gasteiger partial charge in [-0.15, -0.1) is 11.3 Å². The Morgan fingerprint density at radius 1 is 0.371 bits per heavy atom. The maximum absolute atomic E-state index is 2.54. The van der Waals surface area contributed by atoms with Gasteiger partial charge >= 0.3 is 0 Å². The zero-order chi connectivity index (χ0) is 41.7. The molecule has 10 aromatic carbocycles. The number of benzene rings is 10. The summed E-state index contributed by atoms with van der Waals surface area (Å²) in [6.07, 6.45) is 2.45. The lowest BCUT2D eigenvalue weighted by atomic mass is 9.63. The summed E-state index contributed by atoms with van der Waals surface area (Å²) in [7, 11) is 0. The molecule has 0 bridgehead atoms. The fourth-order valence-corrected chi connectivity index (χ4v) is 11.7. The molecule has 62 heavy (non-hydrogen) atoms. The second-order valence-corrected chi connectivity index (χ2v) is 19.8. The largest absolute Gasteiger partial charge is 0.310 e. The highest BCUT2D eigenvalue weighted by Crippen LogP contribution is 2.50. The molecule has 0 fully saturated rings. The normalized spacial score (nSPS) is 14.6. The Bertz CT molecular complexity index is 3550. The standard InChI is InChI=1S/C60H47NS/c1-59(2)31-32-60(3,4)55-37-58-53(36-54(55)59)52-34-41(25-30-57(52)62-58)39-21-26-43(27-22-39)61(44-28-23-38-13-5-6-14-40(38)33-44)56-20-12-11-15-45(56)42-24-29-50-48-18-8-7-16-46(48)47-17-9-10-19-49(47)51(50)35-42/h5-30,33-37H,31-32H2,1-4H3. The Morgan fingerprint density at radius 2 is 0.903 bits per heavy atom. The molecule has 298 valence electrons. The smallest absolute Gasteiger partial charge is 0.0540 e. The van der Waals surface area contributed by atoms with E-state index in [0.717, 1.165) is 17.1 Å². The molecule has 0 amide bonds. The first-order chi connectivity index (χ1) is 30.2. The number of hydrogen-bond acceptors (Lipinski definition) is 2. The molecule has 0 saturated heterocycles. The summed E-state index contributed by atoms with van der Waals surface area (Å²) in [5.74, 6) is 0. The molecule has 1 aromatic heterocycles. The third kappa shape index (κ3) is 5.88. The SMILES string of the molecule is CC1(C)CCC(C)(C)c2cc3c(cc21)sc1ccc(-c2ccc(N(c4ccc5ccccc5c4)c4ccccc4-c4ccc5c6ccccc6c6ccccc6c5c4)cc2)cc13. The Morgan fingerprint density at radius 3 is 1.63 bits per heavy atom. The van der Waals surface area contributed by atoms with Gasteiger partial charge in [0.05, 0.1) is 5.69 Å². The van der Waals surface area contributed by atoms with Crippen LogP contribution in [0.4, 0.5) is 17.1 Å². The Kier molecular flexibility index (Phi) is 8.30. The van der Waals surface area contributed by atoms with Gasteiger partial charge < -0.3 is 4.90 Å². The maximum atomic E-state index is 2.54. The van der Waals surface area contributed by atoms with Crippen LogP contribution in [0, 0.1) is 0 Å². The fraction of sp³-hybridized carbons (Fsp3) is 0.133. The van der Waals surface area contributed by atoms with E-state index in [9.17, 15) is 0 Å². The van der Waals surface area contributed by atoms with Gasteiger partial charge in [-0.3, -0.25) is 0 Å². The molecule has 2 heteroatoms. The van der Waals surface area contributed by atoms with Gasteiger partial charge in [-0.25, -0.2) is 0 Å². The van der Waals surface area contributed by atoms with Crippen LogP contribution in [0.25, 0.3) is 85.5 Å². The molecule has 0 N–H and O–H groups in total. The monoisotopic (exact) mass is 813 g/mol.